The lowest BCUT2D eigenvalue weighted by Crippen LogP contribution is -2.28. The van der Waals surface area contributed by atoms with E-state index in [1.807, 2.05) is 25.1 Å². The van der Waals surface area contributed by atoms with Gasteiger partial charge in [0.15, 0.2) is 0 Å². The fraction of sp³-hybridized carbons (Fsp3) is 0.478. The number of rotatable bonds is 12. The lowest BCUT2D eigenvalue weighted by molar-refractivity contribution is -0.136. The number of aromatic nitrogens is 2. The van der Waals surface area contributed by atoms with Crippen molar-refractivity contribution in [1.82, 2.24) is 15.3 Å². The Morgan fingerprint density at radius 2 is 2.03 bits per heavy atom. The summed E-state index contributed by atoms with van der Waals surface area (Å²) in [4.78, 5) is 34.2. The molecule has 1 heterocycles. The molecule has 8 heteroatoms. The van der Waals surface area contributed by atoms with Crippen molar-refractivity contribution in [2.45, 2.75) is 46.1 Å². The number of aliphatic carboxylic acids is 1. The first-order valence-electron chi connectivity index (χ1n) is 10.9. The van der Waals surface area contributed by atoms with Crippen LogP contribution in [0, 0.1) is 12.8 Å². The van der Waals surface area contributed by atoms with Gasteiger partial charge < -0.3 is 20.6 Å². The normalized spacial score (nSPS) is 13.1. The third kappa shape index (κ3) is 7.03. The van der Waals surface area contributed by atoms with Crippen molar-refractivity contribution in [2.75, 3.05) is 29.9 Å². The Bertz CT molecular complexity index is 914. The minimum absolute atomic E-state index is 0.0877. The zero-order valence-corrected chi connectivity index (χ0v) is 18.2. The van der Waals surface area contributed by atoms with Crippen molar-refractivity contribution >= 4 is 23.4 Å². The molecule has 1 aromatic heterocycles. The highest BCUT2D eigenvalue weighted by atomic mass is 16.4. The molecule has 0 spiro atoms. The number of hydrogen-bond donors (Lipinski definition) is 3. The monoisotopic (exact) mass is 425 g/mol. The fourth-order valence-electron chi connectivity index (χ4n) is 3.42. The van der Waals surface area contributed by atoms with Crippen LogP contribution in [-0.4, -0.2) is 46.6 Å². The fourth-order valence-corrected chi connectivity index (χ4v) is 3.42. The third-order valence-electron chi connectivity index (χ3n) is 5.26. The molecule has 3 N–H and O–H groups in total. The molecular formula is C23H31N5O3. The van der Waals surface area contributed by atoms with Gasteiger partial charge in [0, 0.05) is 37.9 Å². The van der Waals surface area contributed by atoms with Crippen LogP contribution in [0.4, 0.5) is 11.5 Å². The minimum atomic E-state index is -0.819. The largest absolute Gasteiger partial charge is 0.481 e. The quantitative estimate of drug-likeness (QED) is 0.448. The van der Waals surface area contributed by atoms with Crippen LogP contribution >= 0.6 is 0 Å². The van der Waals surface area contributed by atoms with Crippen molar-refractivity contribution in [2.24, 2.45) is 5.92 Å². The molecule has 0 unspecified atom stereocenters. The average Bonchev–Trinajstić information content (AvgIpc) is 3.57. The van der Waals surface area contributed by atoms with Crippen LogP contribution in [0.2, 0.25) is 0 Å². The van der Waals surface area contributed by atoms with Gasteiger partial charge in [-0.25, -0.2) is 9.97 Å². The highest BCUT2D eigenvalue weighted by molar-refractivity contribution is 6.03. The molecule has 1 aromatic carbocycles. The van der Waals surface area contributed by atoms with E-state index in [-0.39, 0.29) is 12.3 Å². The molecule has 0 atom stereocenters. The molecule has 0 aliphatic heterocycles. The number of hydrogen-bond acceptors (Lipinski definition) is 6. The molecule has 0 saturated heterocycles. The predicted molar refractivity (Wildman–Crippen MR) is 120 cm³/mol. The van der Waals surface area contributed by atoms with Gasteiger partial charge in [-0.1, -0.05) is 19.1 Å². The Labute approximate surface area is 183 Å². The molecule has 1 saturated carbocycles. The Balaban J connectivity index is 1.62. The zero-order valence-electron chi connectivity index (χ0n) is 18.2. The van der Waals surface area contributed by atoms with Crippen LogP contribution in [0.25, 0.3) is 0 Å². The Hall–Kier alpha value is -3.00. The summed E-state index contributed by atoms with van der Waals surface area (Å²) in [5.74, 6) is 0.453. The molecule has 0 bridgehead atoms. The lowest BCUT2D eigenvalue weighted by Gasteiger charge is -2.23. The highest BCUT2D eigenvalue weighted by Crippen LogP contribution is 2.31. The van der Waals surface area contributed by atoms with Gasteiger partial charge >= 0.3 is 5.97 Å². The van der Waals surface area contributed by atoms with Crippen LogP contribution in [0.15, 0.2) is 30.6 Å². The number of carbonyl (C=O) groups is 2. The van der Waals surface area contributed by atoms with E-state index in [1.165, 1.54) is 19.2 Å². The molecule has 0 radical (unpaired) electrons. The van der Waals surface area contributed by atoms with E-state index >= 15 is 0 Å². The first-order valence-corrected chi connectivity index (χ1v) is 10.9. The maximum absolute atomic E-state index is 12.8. The van der Waals surface area contributed by atoms with Gasteiger partial charge in [-0.15, -0.1) is 0 Å². The molecule has 1 aliphatic carbocycles. The van der Waals surface area contributed by atoms with E-state index in [0.29, 0.717) is 18.8 Å². The number of nitrogens with zero attached hydrogens (tertiary/aromatic N) is 3. The zero-order chi connectivity index (χ0) is 22.2. The number of carbonyl (C=O) groups excluding carboxylic acids is 1. The number of amides is 1. The van der Waals surface area contributed by atoms with Gasteiger partial charge in [0.2, 0.25) is 0 Å². The summed E-state index contributed by atoms with van der Waals surface area (Å²) in [6, 6.07) is 7.53. The smallest absolute Gasteiger partial charge is 0.304 e. The van der Waals surface area contributed by atoms with Crippen molar-refractivity contribution in [3.63, 3.8) is 0 Å². The standard InChI is InChI=1S/C23H31N5O3/c1-3-10-28(14-17-4-5-17)21-12-20(25-15-26-21)23(31)27-19-7-6-18(11-16(19)2)13-24-9-8-22(29)30/h6-7,11-12,15,17,24H,3-5,8-10,13-14H2,1-2H3,(H,27,31)(H,29,30). The third-order valence-corrected chi connectivity index (χ3v) is 5.26. The lowest BCUT2D eigenvalue weighted by atomic mass is 10.1. The number of carboxylic acid groups (broad SMARTS) is 1. The van der Waals surface area contributed by atoms with E-state index in [4.69, 9.17) is 5.11 Å². The van der Waals surface area contributed by atoms with Gasteiger partial charge in [-0.2, -0.15) is 0 Å². The van der Waals surface area contributed by atoms with E-state index < -0.39 is 5.97 Å². The molecule has 31 heavy (non-hydrogen) atoms. The van der Waals surface area contributed by atoms with Crippen LogP contribution < -0.4 is 15.5 Å². The molecule has 2 aromatic rings. The second kappa shape index (κ2) is 10.9. The molecule has 8 nitrogen and oxygen atoms in total. The van der Waals surface area contributed by atoms with Gasteiger partial charge in [-0.3, -0.25) is 9.59 Å². The van der Waals surface area contributed by atoms with Gasteiger partial charge in [0.25, 0.3) is 5.91 Å². The molecule has 1 fully saturated rings. The van der Waals surface area contributed by atoms with E-state index in [9.17, 15) is 9.59 Å². The summed E-state index contributed by atoms with van der Waals surface area (Å²) >= 11 is 0. The van der Waals surface area contributed by atoms with Gasteiger partial charge in [0.1, 0.15) is 17.8 Å². The van der Waals surface area contributed by atoms with Gasteiger partial charge in [0.05, 0.1) is 6.42 Å². The maximum atomic E-state index is 12.8. The summed E-state index contributed by atoms with van der Waals surface area (Å²) in [6.45, 7) is 6.95. The summed E-state index contributed by atoms with van der Waals surface area (Å²) in [6.07, 6.45) is 5.10. The molecule has 166 valence electrons. The van der Waals surface area contributed by atoms with Crippen LogP contribution in [-0.2, 0) is 11.3 Å². The average molecular weight is 426 g/mol. The first kappa shape index (κ1) is 22.7. The van der Waals surface area contributed by atoms with E-state index in [0.717, 1.165) is 48.1 Å². The topological polar surface area (TPSA) is 107 Å². The van der Waals surface area contributed by atoms with E-state index in [1.54, 1.807) is 6.07 Å². The predicted octanol–water partition coefficient (Wildman–Crippen LogP) is 3.23. The van der Waals surface area contributed by atoms with Crippen LogP contribution in [0.5, 0.6) is 0 Å². The molecule has 1 aliphatic rings. The summed E-state index contributed by atoms with van der Waals surface area (Å²) < 4.78 is 0. The summed E-state index contributed by atoms with van der Waals surface area (Å²) in [5, 5.41) is 14.7. The highest BCUT2D eigenvalue weighted by Gasteiger charge is 2.25. The Morgan fingerprint density at radius 1 is 1.23 bits per heavy atom. The molecule has 1 amide bonds. The SMILES string of the molecule is CCCN(CC1CC1)c1cc(C(=O)Nc2ccc(CNCCC(=O)O)cc2C)ncn1. The second-order valence-electron chi connectivity index (χ2n) is 8.07. The molecular weight excluding hydrogens is 394 g/mol. The van der Waals surface area contributed by atoms with E-state index in [2.05, 4.69) is 32.4 Å². The van der Waals surface area contributed by atoms with Crippen LogP contribution in [0.1, 0.15) is 54.2 Å². The van der Waals surface area contributed by atoms with Gasteiger partial charge in [-0.05, 0) is 49.3 Å². The van der Waals surface area contributed by atoms with Crippen LogP contribution in [0.3, 0.4) is 0 Å². The number of benzene rings is 1. The number of anilines is 2. The van der Waals surface area contributed by atoms with Crippen molar-refractivity contribution in [3.8, 4) is 0 Å². The summed E-state index contributed by atoms with van der Waals surface area (Å²) in [5.41, 5.74) is 3.03. The number of aryl methyl sites for hydroxylation is 1. The number of carboxylic acids is 1. The minimum Gasteiger partial charge on any atom is -0.481 e. The Morgan fingerprint density at radius 3 is 2.71 bits per heavy atom. The maximum Gasteiger partial charge on any atom is 0.304 e. The summed E-state index contributed by atoms with van der Waals surface area (Å²) in [7, 11) is 0. The molecule has 3 rings (SSSR count). The van der Waals surface area contributed by atoms with Crippen molar-refractivity contribution < 1.29 is 14.7 Å². The second-order valence-corrected chi connectivity index (χ2v) is 8.07. The van der Waals surface area contributed by atoms with Crippen molar-refractivity contribution in [1.29, 1.82) is 0 Å². The Kier molecular flexibility index (Phi) is 7.94. The number of nitrogens with one attached hydrogen (secondary N) is 2. The first-order chi connectivity index (χ1) is 15.0. The van der Waals surface area contributed by atoms with Crippen molar-refractivity contribution in [3.05, 3.63) is 47.4 Å².